The standard InChI is InChI=1S/C13H9ClO/c14-11-5-4-8-2-1-3-9-6-10(7-15)13(11)12(8)9/h1-5,7,10H,6H2. The molecule has 1 aliphatic carbocycles. The molecule has 3 rings (SSSR count). The van der Waals surface area contributed by atoms with Crippen molar-refractivity contribution in [2.24, 2.45) is 0 Å². The van der Waals surface area contributed by atoms with Crippen LogP contribution in [0, 0.1) is 0 Å². The molecule has 2 heteroatoms. The molecule has 0 N–H and O–H groups in total. The van der Waals surface area contributed by atoms with Gasteiger partial charge in [0.1, 0.15) is 6.29 Å². The molecule has 1 nitrogen and oxygen atoms in total. The van der Waals surface area contributed by atoms with Gasteiger partial charge in [0.05, 0.1) is 0 Å². The van der Waals surface area contributed by atoms with Crippen LogP contribution in [0.4, 0.5) is 0 Å². The van der Waals surface area contributed by atoms with E-state index >= 15 is 0 Å². The molecule has 0 aromatic heterocycles. The summed E-state index contributed by atoms with van der Waals surface area (Å²) >= 11 is 6.15. The van der Waals surface area contributed by atoms with E-state index in [2.05, 4.69) is 12.1 Å². The Bertz CT molecular complexity index is 560. The van der Waals surface area contributed by atoms with Crippen molar-refractivity contribution in [3.63, 3.8) is 0 Å². The molecular formula is C13H9ClO. The molecule has 0 radical (unpaired) electrons. The molecule has 0 heterocycles. The van der Waals surface area contributed by atoms with E-state index in [1.165, 1.54) is 16.3 Å². The van der Waals surface area contributed by atoms with Gasteiger partial charge in [0, 0.05) is 10.9 Å². The predicted octanol–water partition coefficient (Wildman–Crippen LogP) is 3.33. The van der Waals surface area contributed by atoms with Gasteiger partial charge in [-0.3, -0.25) is 0 Å². The molecule has 2 aromatic rings. The predicted molar refractivity (Wildman–Crippen MR) is 61.5 cm³/mol. The van der Waals surface area contributed by atoms with Crippen LogP contribution >= 0.6 is 11.6 Å². The molecule has 0 fully saturated rings. The first kappa shape index (κ1) is 8.93. The van der Waals surface area contributed by atoms with Crippen molar-refractivity contribution in [1.29, 1.82) is 0 Å². The number of rotatable bonds is 1. The molecule has 15 heavy (non-hydrogen) atoms. The van der Waals surface area contributed by atoms with E-state index < -0.39 is 0 Å². The maximum Gasteiger partial charge on any atom is 0.127 e. The minimum absolute atomic E-state index is 0.0569. The Labute approximate surface area is 92.7 Å². The summed E-state index contributed by atoms with van der Waals surface area (Å²) in [6.07, 6.45) is 1.79. The monoisotopic (exact) mass is 216 g/mol. The summed E-state index contributed by atoms with van der Waals surface area (Å²) in [5.41, 5.74) is 2.25. The lowest BCUT2D eigenvalue weighted by molar-refractivity contribution is -0.108. The van der Waals surface area contributed by atoms with Crippen molar-refractivity contribution in [3.8, 4) is 0 Å². The molecular weight excluding hydrogens is 208 g/mol. The normalized spacial score (nSPS) is 18.3. The fraction of sp³-hybridized carbons (Fsp3) is 0.154. The van der Waals surface area contributed by atoms with Gasteiger partial charge in [-0.1, -0.05) is 35.9 Å². The van der Waals surface area contributed by atoms with Crippen LogP contribution in [0.2, 0.25) is 5.02 Å². The Morgan fingerprint density at radius 2 is 2.13 bits per heavy atom. The average Bonchev–Trinajstić information content (AvgIpc) is 2.64. The summed E-state index contributed by atoms with van der Waals surface area (Å²) in [4.78, 5) is 11.0. The van der Waals surface area contributed by atoms with Gasteiger partial charge >= 0.3 is 0 Å². The van der Waals surface area contributed by atoms with Crippen LogP contribution in [0.3, 0.4) is 0 Å². The van der Waals surface area contributed by atoms with Gasteiger partial charge in [0.2, 0.25) is 0 Å². The van der Waals surface area contributed by atoms with Crippen LogP contribution < -0.4 is 0 Å². The fourth-order valence-corrected chi connectivity index (χ4v) is 2.74. The minimum Gasteiger partial charge on any atom is -0.303 e. The second-order valence-electron chi connectivity index (χ2n) is 3.92. The van der Waals surface area contributed by atoms with Crippen LogP contribution in [0.1, 0.15) is 17.0 Å². The molecule has 0 saturated heterocycles. The average molecular weight is 217 g/mol. The fourth-order valence-electron chi connectivity index (χ4n) is 2.45. The number of carbonyl (C=O) groups excluding carboxylic acids is 1. The van der Waals surface area contributed by atoms with Gasteiger partial charge in [-0.15, -0.1) is 0 Å². The lowest BCUT2D eigenvalue weighted by atomic mass is 10.0. The third-order valence-corrected chi connectivity index (χ3v) is 3.42. The Hall–Kier alpha value is -1.34. The molecule has 1 unspecified atom stereocenters. The Kier molecular flexibility index (Phi) is 1.83. The van der Waals surface area contributed by atoms with E-state index in [1.54, 1.807) is 0 Å². The number of benzene rings is 2. The number of halogens is 1. The highest BCUT2D eigenvalue weighted by Gasteiger charge is 2.25. The van der Waals surface area contributed by atoms with Crippen molar-refractivity contribution in [2.45, 2.75) is 12.3 Å². The summed E-state index contributed by atoms with van der Waals surface area (Å²) in [7, 11) is 0. The van der Waals surface area contributed by atoms with E-state index in [-0.39, 0.29) is 5.92 Å². The number of aldehydes is 1. The van der Waals surface area contributed by atoms with Gasteiger partial charge < -0.3 is 4.79 Å². The number of hydrogen-bond acceptors (Lipinski definition) is 1. The van der Waals surface area contributed by atoms with Crippen LogP contribution in [-0.4, -0.2) is 6.29 Å². The highest BCUT2D eigenvalue weighted by molar-refractivity contribution is 6.33. The lowest BCUT2D eigenvalue weighted by Crippen LogP contribution is -1.97. The Morgan fingerprint density at radius 1 is 1.27 bits per heavy atom. The number of carbonyl (C=O) groups is 1. The summed E-state index contributed by atoms with van der Waals surface area (Å²) in [6, 6.07) is 10.1. The van der Waals surface area contributed by atoms with Crippen LogP contribution in [0.15, 0.2) is 30.3 Å². The van der Waals surface area contributed by atoms with E-state index in [4.69, 9.17) is 11.6 Å². The third kappa shape index (κ3) is 1.13. The van der Waals surface area contributed by atoms with Crippen molar-refractivity contribution >= 4 is 28.7 Å². The summed E-state index contributed by atoms with van der Waals surface area (Å²) in [5.74, 6) is -0.0569. The molecule has 2 aromatic carbocycles. The largest absolute Gasteiger partial charge is 0.303 e. The molecule has 0 spiro atoms. The zero-order chi connectivity index (χ0) is 10.4. The summed E-state index contributed by atoms with van der Waals surface area (Å²) in [5, 5.41) is 3.07. The maximum atomic E-state index is 11.0. The smallest absolute Gasteiger partial charge is 0.127 e. The van der Waals surface area contributed by atoms with E-state index in [0.29, 0.717) is 5.02 Å². The zero-order valence-corrected chi connectivity index (χ0v) is 8.79. The first-order valence-electron chi connectivity index (χ1n) is 4.96. The Balaban J connectivity index is 2.47. The lowest BCUT2D eigenvalue weighted by Gasteiger charge is -2.05. The van der Waals surface area contributed by atoms with Gasteiger partial charge in [0.25, 0.3) is 0 Å². The molecule has 1 atom stereocenters. The quantitative estimate of drug-likeness (QED) is 0.669. The molecule has 0 aliphatic heterocycles. The first-order chi connectivity index (χ1) is 7.31. The highest BCUT2D eigenvalue weighted by Crippen LogP contribution is 2.41. The SMILES string of the molecule is O=CC1Cc2cccc3ccc(Cl)c1c23. The molecule has 0 saturated carbocycles. The van der Waals surface area contributed by atoms with E-state index in [9.17, 15) is 4.79 Å². The first-order valence-corrected chi connectivity index (χ1v) is 5.34. The van der Waals surface area contributed by atoms with Gasteiger partial charge in [-0.25, -0.2) is 0 Å². The minimum atomic E-state index is -0.0569. The number of hydrogen-bond donors (Lipinski definition) is 0. The highest BCUT2D eigenvalue weighted by atomic mass is 35.5. The zero-order valence-electron chi connectivity index (χ0n) is 8.03. The summed E-state index contributed by atoms with van der Waals surface area (Å²) in [6.45, 7) is 0. The van der Waals surface area contributed by atoms with Crippen LogP contribution in [0.5, 0.6) is 0 Å². The summed E-state index contributed by atoms with van der Waals surface area (Å²) < 4.78 is 0. The van der Waals surface area contributed by atoms with Gasteiger partial charge in [-0.2, -0.15) is 0 Å². The van der Waals surface area contributed by atoms with Crippen LogP contribution in [-0.2, 0) is 11.2 Å². The van der Waals surface area contributed by atoms with Crippen molar-refractivity contribution < 1.29 is 4.79 Å². The maximum absolute atomic E-state index is 11.0. The van der Waals surface area contributed by atoms with E-state index in [1.807, 2.05) is 18.2 Å². The van der Waals surface area contributed by atoms with Crippen molar-refractivity contribution in [3.05, 3.63) is 46.5 Å². The molecule has 0 bridgehead atoms. The third-order valence-electron chi connectivity index (χ3n) is 3.09. The topological polar surface area (TPSA) is 17.1 Å². The Morgan fingerprint density at radius 3 is 2.93 bits per heavy atom. The second-order valence-corrected chi connectivity index (χ2v) is 4.33. The second kappa shape index (κ2) is 3.07. The molecule has 0 amide bonds. The van der Waals surface area contributed by atoms with Crippen molar-refractivity contribution in [1.82, 2.24) is 0 Å². The van der Waals surface area contributed by atoms with Gasteiger partial charge in [-0.05, 0) is 34.4 Å². The van der Waals surface area contributed by atoms with Crippen LogP contribution in [0.25, 0.3) is 10.8 Å². The molecule has 74 valence electrons. The van der Waals surface area contributed by atoms with Crippen molar-refractivity contribution in [2.75, 3.05) is 0 Å². The van der Waals surface area contributed by atoms with E-state index in [0.717, 1.165) is 18.3 Å². The van der Waals surface area contributed by atoms with Gasteiger partial charge in [0.15, 0.2) is 0 Å². The molecule has 1 aliphatic rings.